The van der Waals surface area contributed by atoms with E-state index in [2.05, 4.69) is 15.3 Å². The fraction of sp³-hybridized carbons (Fsp3) is 0.188. The van der Waals surface area contributed by atoms with Crippen LogP contribution in [0.4, 0.5) is 0 Å². The molecule has 2 N–H and O–H groups in total. The number of nitrogens with one attached hydrogen (secondary N) is 2. The Bertz CT molecular complexity index is 778. The first-order valence-electron chi connectivity index (χ1n) is 6.69. The zero-order valence-corrected chi connectivity index (χ0v) is 12.6. The molecule has 1 amide bonds. The van der Waals surface area contributed by atoms with Gasteiger partial charge in [-0.25, -0.2) is 4.98 Å². The lowest BCUT2D eigenvalue weighted by molar-refractivity contribution is 0.0961. The Morgan fingerprint density at radius 3 is 2.73 bits per heavy atom. The standard InChI is InChI=1S/C16H17N3O3/c1-10-8-11(4-6-13(10)22-3)5-7-14-18-9-12(15(20)17-2)16(21)19-14/h4-9H,1-3H3,(H,17,20)(H,18,19,21). The van der Waals surface area contributed by atoms with Crippen molar-refractivity contribution in [2.75, 3.05) is 14.2 Å². The van der Waals surface area contributed by atoms with Gasteiger partial charge in [-0.3, -0.25) is 9.59 Å². The number of hydrogen-bond acceptors (Lipinski definition) is 4. The molecule has 0 unspecified atom stereocenters. The van der Waals surface area contributed by atoms with Gasteiger partial charge in [0.2, 0.25) is 0 Å². The highest BCUT2D eigenvalue weighted by atomic mass is 16.5. The van der Waals surface area contributed by atoms with Crippen molar-refractivity contribution in [3.05, 3.63) is 57.3 Å². The maximum Gasteiger partial charge on any atom is 0.263 e. The van der Waals surface area contributed by atoms with Gasteiger partial charge in [-0.15, -0.1) is 0 Å². The fourth-order valence-electron chi connectivity index (χ4n) is 1.97. The highest BCUT2D eigenvalue weighted by molar-refractivity contribution is 5.93. The Morgan fingerprint density at radius 1 is 1.36 bits per heavy atom. The third-order valence-electron chi connectivity index (χ3n) is 3.14. The van der Waals surface area contributed by atoms with Crippen molar-refractivity contribution in [2.24, 2.45) is 0 Å². The normalized spacial score (nSPS) is 10.7. The lowest BCUT2D eigenvalue weighted by Gasteiger charge is -2.04. The maximum absolute atomic E-state index is 11.8. The van der Waals surface area contributed by atoms with E-state index in [-0.39, 0.29) is 5.56 Å². The molecule has 0 saturated heterocycles. The van der Waals surface area contributed by atoms with Gasteiger partial charge >= 0.3 is 0 Å². The van der Waals surface area contributed by atoms with Gasteiger partial charge in [-0.05, 0) is 36.3 Å². The quantitative estimate of drug-likeness (QED) is 0.898. The zero-order valence-electron chi connectivity index (χ0n) is 12.6. The fourth-order valence-corrected chi connectivity index (χ4v) is 1.97. The Labute approximate surface area is 127 Å². The van der Waals surface area contributed by atoms with Crippen LogP contribution in [-0.2, 0) is 0 Å². The number of nitrogens with zero attached hydrogens (tertiary/aromatic N) is 1. The molecule has 0 radical (unpaired) electrons. The number of ether oxygens (including phenoxy) is 1. The number of H-pyrrole nitrogens is 1. The van der Waals surface area contributed by atoms with Crippen LogP contribution in [0.2, 0.25) is 0 Å². The Morgan fingerprint density at radius 2 is 2.14 bits per heavy atom. The van der Waals surface area contributed by atoms with Gasteiger partial charge in [-0.2, -0.15) is 0 Å². The van der Waals surface area contributed by atoms with E-state index in [0.29, 0.717) is 5.82 Å². The predicted molar refractivity (Wildman–Crippen MR) is 84.9 cm³/mol. The first-order chi connectivity index (χ1) is 10.5. The molecule has 0 atom stereocenters. The van der Waals surface area contributed by atoms with Crippen molar-refractivity contribution >= 4 is 18.1 Å². The first-order valence-corrected chi connectivity index (χ1v) is 6.69. The number of benzene rings is 1. The van der Waals surface area contributed by atoms with Crippen LogP contribution in [0.5, 0.6) is 5.75 Å². The van der Waals surface area contributed by atoms with Crippen molar-refractivity contribution in [2.45, 2.75) is 6.92 Å². The number of aromatic amines is 1. The monoisotopic (exact) mass is 299 g/mol. The van der Waals surface area contributed by atoms with Crippen LogP contribution in [0.25, 0.3) is 12.2 Å². The topological polar surface area (TPSA) is 84.1 Å². The molecule has 1 aromatic heterocycles. The van der Waals surface area contributed by atoms with Gasteiger partial charge < -0.3 is 15.0 Å². The summed E-state index contributed by atoms with van der Waals surface area (Å²) in [6.07, 6.45) is 4.76. The molecular formula is C16H17N3O3. The molecule has 22 heavy (non-hydrogen) atoms. The highest BCUT2D eigenvalue weighted by Crippen LogP contribution is 2.19. The molecule has 0 fully saturated rings. The van der Waals surface area contributed by atoms with E-state index in [4.69, 9.17) is 4.74 Å². The average molecular weight is 299 g/mol. The molecule has 6 heteroatoms. The number of aryl methyl sites for hydroxylation is 1. The SMILES string of the molecule is CNC(=O)c1cnc(C=Cc2ccc(OC)c(C)c2)[nH]c1=O. The molecule has 0 aliphatic rings. The van der Waals surface area contributed by atoms with Crippen LogP contribution >= 0.6 is 0 Å². The van der Waals surface area contributed by atoms with E-state index >= 15 is 0 Å². The van der Waals surface area contributed by atoms with Gasteiger partial charge in [-0.1, -0.05) is 12.1 Å². The summed E-state index contributed by atoms with van der Waals surface area (Å²) in [5.74, 6) is 0.736. The summed E-state index contributed by atoms with van der Waals surface area (Å²) in [5.41, 5.74) is 1.48. The van der Waals surface area contributed by atoms with Crippen LogP contribution in [-0.4, -0.2) is 30.0 Å². The molecular weight excluding hydrogens is 282 g/mol. The summed E-state index contributed by atoms with van der Waals surface area (Å²) in [6.45, 7) is 1.95. The number of rotatable bonds is 4. The van der Waals surface area contributed by atoms with Gasteiger partial charge in [0, 0.05) is 13.2 Å². The molecule has 0 aliphatic carbocycles. The summed E-state index contributed by atoms with van der Waals surface area (Å²) >= 11 is 0. The van der Waals surface area contributed by atoms with E-state index in [1.807, 2.05) is 31.2 Å². The molecule has 2 rings (SSSR count). The number of carbonyl (C=O) groups is 1. The Hall–Kier alpha value is -2.89. The molecule has 1 heterocycles. The summed E-state index contributed by atoms with van der Waals surface area (Å²) < 4.78 is 5.20. The Kier molecular flexibility index (Phi) is 4.73. The molecule has 0 saturated carbocycles. The van der Waals surface area contributed by atoms with Crippen LogP contribution < -0.4 is 15.6 Å². The van der Waals surface area contributed by atoms with Gasteiger partial charge in [0.25, 0.3) is 11.5 Å². The van der Waals surface area contributed by atoms with E-state index < -0.39 is 11.5 Å². The number of aromatic nitrogens is 2. The zero-order chi connectivity index (χ0) is 16.1. The predicted octanol–water partition coefficient (Wildman–Crippen LogP) is 1.62. The van der Waals surface area contributed by atoms with Crippen molar-refractivity contribution in [3.8, 4) is 5.75 Å². The second-order valence-electron chi connectivity index (χ2n) is 4.65. The first kappa shape index (κ1) is 15.5. The minimum atomic E-state index is -0.472. The van der Waals surface area contributed by atoms with Crippen LogP contribution in [0.3, 0.4) is 0 Å². The van der Waals surface area contributed by atoms with E-state index in [1.165, 1.54) is 13.2 Å². The average Bonchev–Trinajstić information content (AvgIpc) is 2.52. The largest absolute Gasteiger partial charge is 0.496 e. The Balaban J connectivity index is 2.23. The molecule has 6 nitrogen and oxygen atoms in total. The summed E-state index contributed by atoms with van der Waals surface area (Å²) in [4.78, 5) is 29.8. The third kappa shape index (κ3) is 3.41. The summed E-state index contributed by atoms with van der Waals surface area (Å²) in [5, 5.41) is 2.39. The second-order valence-corrected chi connectivity index (χ2v) is 4.65. The van der Waals surface area contributed by atoms with Crippen molar-refractivity contribution < 1.29 is 9.53 Å². The minimum Gasteiger partial charge on any atom is -0.496 e. The summed E-state index contributed by atoms with van der Waals surface area (Å²) in [7, 11) is 3.09. The minimum absolute atomic E-state index is 0.0139. The molecule has 2 aromatic rings. The number of hydrogen-bond donors (Lipinski definition) is 2. The number of methoxy groups -OCH3 is 1. The van der Waals surface area contributed by atoms with E-state index in [1.54, 1.807) is 13.2 Å². The lowest BCUT2D eigenvalue weighted by atomic mass is 10.1. The molecule has 114 valence electrons. The maximum atomic E-state index is 11.8. The smallest absolute Gasteiger partial charge is 0.263 e. The van der Waals surface area contributed by atoms with Gasteiger partial charge in [0.1, 0.15) is 17.1 Å². The molecule has 1 aromatic carbocycles. The highest BCUT2D eigenvalue weighted by Gasteiger charge is 2.08. The van der Waals surface area contributed by atoms with Crippen molar-refractivity contribution in [3.63, 3.8) is 0 Å². The van der Waals surface area contributed by atoms with Crippen LogP contribution in [0.1, 0.15) is 27.3 Å². The lowest BCUT2D eigenvalue weighted by Crippen LogP contribution is -2.27. The van der Waals surface area contributed by atoms with E-state index in [0.717, 1.165) is 16.9 Å². The van der Waals surface area contributed by atoms with Crippen LogP contribution in [0, 0.1) is 6.92 Å². The van der Waals surface area contributed by atoms with Crippen LogP contribution in [0.15, 0.2) is 29.2 Å². The van der Waals surface area contributed by atoms with Gasteiger partial charge in [0.05, 0.1) is 7.11 Å². The second kappa shape index (κ2) is 6.71. The molecule has 0 bridgehead atoms. The molecule has 0 spiro atoms. The summed E-state index contributed by atoms with van der Waals surface area (Å²) in [6, 6.07) is 5.74. The molecule has 0 aliphatic heterocycles. The van der Waals surface area contributed by atoms with Crippen molar-refractivity contribution in [1.82, 2.24) is 15.3 Å². The van der Waals surface area contributed by atoms with Crippen molar-refractivity contribution in [1.29, 1.82) is 0 Å². The number of carbonyl (C=O) groups excluding carboxylic acids is 1. The number of amides is 1. The van der Waals surface area contributed by atoms with E-state index in [9.17, 15) is 9.59 Å². The van der Waals surface area contributed by atoms with Gasteiger partial charge in [0.15, 0.2) is 0 Å². The third-order valence-corrected chi connectivity index (χ3v) is 3.14.